The van der Waals surface area contributed by atoms with Crippen LogP contribution in [0.1, 0.15) is 37.6 Å². The predicted molar refractivity (Wildman–Crippen MR) is 79.2 cm³/mol. The number of ketones is 1. The maximum atomic E-state index is 11.9. The monoisotopic (exact) mass is 303 g/mol. The molecule has 0 aliphatic carbocycles. The summed E-state index contributed by atoms with van der Waals surface area (Å²) < 4.78 is 5.25. The lowest BCUT2D eigenvalue weighted by Crippen LogP contribution is -2.29. The largest absolute Gasteiger partial charge is 0.426 e. The van der Waals surface area contributed by atoms with E-state index in [1.54, 1.807) is 13.8 Å². The lowest BCUT2D eigenvalue weighted by Gasteiger charge is -2.17. The summed E-state index contributed by atoms with van der Waals surface area (Å²) in [5.41, 5.74) is 0.446. The van der Waals surface area contributed by atoms with Crippen LogP contribution < -0.4 is 9.80 Å². The number of allylic oxidation sites excluding steroid dienone is 1. The van der Waals surface area contributed by atoms with Crippen LogP contribution in [-0.4, -0.2) is 17.7 Å². The van der Waals surface area contributed by atoms with Gasteiger partial charge in [0.25, 0.3) is 5.78 Å². The van der Waals surface area contributed by atoms with Crippen LogP contribution in [0, 0.1) is 5.92 Å². The summed E-state index contributed by atoms with van der Waals surface area (Å²) in [6.45, 7) is 8.75. The molecule has 0 radical (unpaired) electrons. The molecule has 116 valence electrons. The number of anilines is 1. The van der Waals surface area contributed by atoms with Crippen LogP contribution >= 0.6 is 0 Å². The Balaban J connectivity index is 2.32. The van der Waals surface area contributed by atoms with E-state index < -0.39 is 11.7 Å². The average Bonchev–Trinajstić information content (AvgIpc) is 2.70. The zero-order valence-corrected chi connectivity index (χ0v) is 12.7. The lowest BCUT2D eigenvalue weighted by molar-refractivity contribution is -0.138. The van der Waals surface area contributed by atoms with Gasteiger partial charge in [-0.05, 0) is 25.5 Å². The number of carbonyl (C=O) groups excluding carboxylic acids is 3. The van der Waals surface area contributed by atoms with E-state index in [2.05, 4.69) is 6.58 Å². The van der Waals surface area contributed by atoms with E-state index in [1.165, 1.54) is 18.2 Å². The van der Waals surface area contributed by atoms with E-state index in [-0.39, 0.29) is 34.6 Å². The molecule has 0 fully saturated rings. The molecule has 0 spiro atoms. The van der Waals surface area contributed by atoms with E-state index in [0.717, 1.165) is 5.06 Å². The molecule has 0 aromatic heterocycles. The summed E-state index contributed by atoms with van der Waals surface area (Å²) in [5.74, 6) is -1.57. The first-order valence-corrected chi connectivity index (χ1v) is 6.93. The third-order valence-electron chi connectivity index (χ3n) is 3.29. The Labute approximate surface area is 128 Å². The molecule has 22 heavy (non-hydrogen) atoms. The van der Waals surface area contributed by atoms with Gasteiger partial charge in [0.2, 0.25) is 0 Å². The van der Waals surface area contributed by atoms with E-state index in [4.69, 9.17) is 9.57 Å². The second-order valence-electron chi connectivity index (χ2n) is 5.13. The number of nitrogens with zero attached hydrogens (tertiary/aromatic N) is 1. The Hall–Kier alpha value is -2.63. The van der Waals surface area contributed by atoms with Gasteiger partial charge in [0.1, 0.15) is 11.5 Å². The molecule has 1 aliphatic rings. The predicted octanol–water partition coefficient (Wildman–Crippen LogP) is 2.63. The summed E-state index contributed by atoms with van der Waals surface area (Å²) >= 11 is 0. The number of carbonyl (C=O) groups is 3. The van der Waals surface area contributed by atoms with Crippen molar-refractivity contribution in [2.24, 2.45) is 5.92 Å². The number of fused-ring (bicyclic) bond motifs is 1. The quantitative estimate of drug-likeness (QED) is 0.362. The number of hydrogen-bond donors (Lipinski definition) is 0. The van der Waals surface area contributed by atoms with Crippen molar-refractivity contribution >= 4 is 23.3 Å². The van der Waals surface area contributed by atoms with Crippen LogP contribution in [-0.2, 0) is 14.4 Å². The molecule has 0 N–H and O–H groups in total. The van der Waals surface area contributed by atoms with Gasteiger partial charge in [-0.3, -0.25) is 14.4 Å². The molecule has 1 aromatic carbocycles. The van der Waals surface area contributed by atoms with Gasteiger partial charge < -0.3 is 9.57 Å². The summed E-state index contributed by atoms with van der Waals surface area (Å²) in [7, 11) is 0. The SMILES string of the molecule is C=C(C)ON1C(=O)C(=O)c2ccc(OC(=O)C(C)CC)cc21. The fourth-order valence-corrected chi connectivity index (χ4v) is 1.88. The Morgan fingerprint density at radius 3 is 2.64 bits per heavy atom. The highest BCUT2D eigenvalue weighted by Crippen LogP contribution is 2.33. The molecule has 1 aromatic rings. The Kier molecular flexibility index (Phi) is 4.30. The Bertz CT molecular complexity index is 665. The van der Waals surface area contributed by atoms with Crippen molar-refractivity contribution in [3.05, 3.63) is 36.1 Å². The summed E-state index contributed by atoms with van der Waals surface area (Å²) in [6.07, 6.45) is 0.658. The molecular weight excluding hydrogens is 286 g/mol. The number of ether oxygens (including phenoxy) is 1. The zero-order chi connectivity index (χ0) is 16.4. The minimum absolute atomic E-state index is 0.203. The molecule has 1 aliphatic heterocycles. The van der Waals surface area contributed by atoms with Gasteiger partial charge in [0, 0.05) is 6.07 Å². The fourth-order valence-electron chi connectivity index (χ4n) is 1.88. The number of benzene rings is 1. The minimum atomic E-state index is -0.802. The smallest absolute Gasteiger partial charge is 0.332 e. The molecule has 6 nitrogen and oxygen atoms in total. The van der Waals surface area contributed by atoms with Gasteiger partial charge in [-0.25, -0.2) is 0 Å². The van der Waals surface area contributed by atoms with Crippen LogP contribution in [0.4, 0.5) is 5.69 Å². The molecule has 0 saturated carbocycles. The minimum Gasteiger partial charge on any atom is -0.426 e. The fraction of sp³-hybridized carbons (Fsp3) is 0.312. The van der Waals surface area contributed by atoms with Gasteiger partial charge in [0.05, 0.1) is 17.2 Å². The molecule has 1 unspecified atom stereocenters. The molecule has 1 amide bonds. The normalized spacial score (nSPS) is 14.6. The van der Waals surface area contributed by atoms with Gasteiger partial charge in [-0.15, -0.1) is 5.06 Å². The standard InChI is InChI=1S/C16H17NO5/c1-5-10(4)16(20)21-11-6-7-12-13(8-11)17(22-9(2)3)15(19)14(12)18/h6-8,10H,2,5H2,1,3-4H3. The molecule has 0 saturated heterocycles. The second-order valence-corrected chi connectivity index (χ2v) is 5.13. The average molecular weight is 303 g/mol. The van der Waals surface area contributed by atoms with Gasteiger partial charge in [0.15, 0.2) is 0 Å². The maximum Gasteiger partial charge on any atom is 0.332 e. The number of hydroxylamine groups is 1. The number of rotatable bonds is 5. The van der Waals surface area contributed by atoms with Crippen LogP contribution in [0.3, 0.4) is 0 Å². The van der Waals surface area contributed by atoms with E-state index in [1.807, 2.05) is 6.92 Å². The Morgan fingerprint density at radius 2 is 2.05 bits per heavy atom. The topological polar surface area (TPSA) is 72.9 Å². The summed E-state index contributed by atoms with van der Waals surface area (Å²) in [4.78, 5) is 40.7. The molecule has 2 rings (SSSR count). The highest BCUT2D eigenvalue weighted by molar-refractivity contribution is 6.51. The molecule has 1 heterocycles. The van der Waals surface area contributed by atoms with Crippen LogP contribution in [0.5, 0.6) is 5.75 Å². The lowest BCUT2D eigenvalue weighted by atomic mass is 10.1. The highest BCUT2D eigenvalue weighted by Gasteiger charge is 2.38. The van der Waals surface area contributed by atoms with Crippen molar-refractivity contribution < 1.29 is 24.0 Å². The number of hydrogen-bond acceptors (Lipinski definition) is 5. The van der Waals surface area contributed by atoms with Gasteiger partial charge in [-0.1, -0.05) is 20.4 Å². The maximum absolute atomic E-state index is 11.9. The van der Waals surface area contributed by atoms with E-state index in [0.29, 0.717) is 6.42 Å². The first-order chi connectivity index (χ1) is 10.3. The Morgan fingerprint density at radius 1 is 1.36 bits per heavy atom. The van der Waals surface area contributed by atoms with Crippen molar-refractivity contribution in [1.82, 2.24) is 0 Å². The number of amides is 1. The number of esters is 1. The first-order valence-electron chi connectivity index (χ1n) is 6.93. The van der Waals surface area contributed by atoms with Crippen LogP contribution in [0.15, 0.2) is 30.5 Å². The van der Waals surface area contributed by atoms with E-state index in [9.17, 15) is 14.4 Å². The zero-order valence-electron chi connectivity index (χ0n) is 12.7. The highest BCUT2D eigenvalue weighted by atomic mass is 16.7. The third kappa shape index (κ3) is 2.86. The van der Waals surface area contributed by atoms with Crippen LogP contribution in [0.25, 0.3) is 0 Å². The molecule has 0 bridgehead atoms. The van der Waals surface area contributed by atoms with Gasteiger partial charge >= 0.3 is 11.9 Å². The molecule has 6 heteroatoms. The van der Waals surface area contributed by atoms with Crippen molar-refractivity contribution in [3.8, 4) is 5.75 Å². The molecule has 1 atom stereocenters. The van der Waals surface area contributed by atoms with Crippen molar-refractivity contribution in [1.29, 1.82) is 0 Å². The summed E-state index contributed by atoms with van der Waals surface area (Å²) in [6, 6.07) is 4.35. The van der Waals surface area contributed by atoms with Crippen molar-refractivity contribution in [3.63, 3.8) is 0 Å². The second kappa shape index (κ2) is 6.01. The van der Waals surface area contributed by atoms with Crippen LogP contribution in [0.2, 0.25) is 0 Å². The molecular formula is C16H17NO5. The number of Topliss-reactive ketones (excluding diaryl/α,β-unsaturated/α-hetero) is 1. The third-order valence-corrected chi connectivity index (χ3v) is 3.29. The van der Waals surface area contributed by atoms with E-state index >= 15 is 0 Å². The van der Waals surface area contributed by atoms with Crippen molar-refractivity contribution in [2.45, 2.75) is 27.2 Å². The first kappa shape index (κ1) is 15.8. The van der Waals surface area contributed by atoms with Crippen molar-refractivity contribution in [2.75, 3.05) is 5.06 Å². The van der Waals surface area contributed by atoms with Gasteiger partial charge in [-0.2, -0.15) is 0 Å². The summed E-state index contributed by atoms with van der Waals surface area (Å²) in [5, 5.41) is 0.862.